The van der Waals surface area contributed by atoms with Crippen LogP contribution in [0.4, 0.5) is 0 Å². The number of carbonyl (C=O) groups excluding carboxylic acids is 1. The van der Waals surface area contributed by atoms with Crippen LogP contribution in [0.3, 0.4) is 0 Å². The number of ether oxygens (including phenoxy) is 1. The van der Waals surface area contributed by atoms with Gasteiger partial charge >= 0.3 is 5.97 Å². The third-order valence-corrected chi connectivity index (χ3v) is 4.04. The Kier molecular flexibility index (Phi) is 3.45. The molecule has 1 N–H and O–H groups in total. The molecule has 1 fully saturated rings. The minimum atomic E-state index is -0.564. The van der Waals surface area contributed by atoms with Crippen LogP contribution in [0.2, 0.25) is 0 Å². The first-order valence-electron chi connectivity index (χ1n) is 7.34. The maximum absolute atomic E-state index is 12.1. The van der Waals surface area contributed by atoms with Gasteiger partial charge in [0.1, 0.15) is 11.3 Å². The Morgan fingerprint density at radius 2 is 2.33 bits per heavy atom. The van der Waals surface area contributed by atoms with Gasteiger partial charge in [0.25, 0.3) is 0 Å². The number of aromatic nitrogens is 2. The summed E-state index contributed by atoms with van der Waals surface area (Å²) in [5.74, 6) is 0.0485. The van der Waals surface area contributed by atoms with Gasteiger partial charge in [0, 0.05) is 18.1 Å². The quantitative estimate of drug-likeness (QED) is 0.877. The highest BCUT2D eigenvalue weighted by Gasteiger charge is 2.39. The summed E-state index contributed by atoms with van der Waals surface area (Å²) >= 11 is 0. The van der Waals surface area contributed by atoms with Crippen LogP contribution in [-0.2, 0) is 11.3 Å². The fraction of sp³-hybridized carbons (Fsp3) is 0.500. The van der Waals surface area contributed by atoms with E-state index in [0.29, 0.717) is 24.8 Å². The molecule has 3 rings (SSSR count). The van der Waals surface area contributed by atoms with Gasteiger partial charge in [0.05, 0.1) is 12.2 Å². The third-order valence-electron chi connectivity index (χ3n) is 4.04. The molecule has 0 unspecified atom stereocenters. The van der Waals surface area contributed by atoms with Crippen molar-refractivity contribution in [3.8, 4) is 0 Å². The van der Waals surface area contributed by atoms with Crippen LogP contribution >= 0.6 is 0 Å². The van der Waals surface area contributed by atoms with Crippen molar-refractivity contribution in [3.05, 3.63) is 30.1 Å². The first kappa shape index (κ1) is 14.1. The number of pyridine rings is 1. The van der Waals surface area contributed by atoms with Gasteiger partial charge in [-0.2, -0.15) is 0 Å². The van der Waals surface area contributed by atoms with E-state index in [0.717, 1.165) is 23.9 Å². The smallest absolute Gasteiger partial charge is 0.355 e. The first-order chi connectivity index (χ1) is 10.00. The van der Waals surface area contributed by atoms with Crippen LogP contribution in [0.1, 0.15) is 37.2 Å². The molecule has 0 aromatic carbocycles. The summed E-state index contributed by atoms with van der Waals surface area (Å²) in [6, 6.07) is 5.63. The molecule has 0 amide bonds. The van der Waals surface area contributed by atoms with E-state index in [4.69, 9.17) is 4.74 Å². The molecule has 0 spiro atoms. The normalized spacial score (nSPS) is 24.8. The first-order valence-corrected chi connectivity index (χ1v) is 7.34. The zero-order valence-electron chi connectivity index (χ0n) is 12.4. The van der Waals surface area contributed by atoms with E-state index in [-0.39, 0.29) is 5.97 Å². The molecule has 0 radical (unpaired) electrons. The summed E-state index contributed by atoms with van der Waals surface area (Å²) in [6.07, 6.45) is 3.23. The molecule has 21 heavy (non-hydrogen) atoms. The van der Waals surface area contributed by atoms with Crippen LogP contribution in [0.5, 0.6) is 0 Å². The SMILES string of the molecule is CCOC(=O)c1cc2cccnc2n1CC1CC(C)(O)C1. The number of carbonyl (C=O) groups is 1. The number of hydrogen-bond donors (Lipinski definition) is 1. The Morgan fingerprint density at radius 1 is 1.57 bits per heavy atom. The van der Waals surface area contributed by atoms with Gasteiger partial charge in [-0.3, -0.25) is 0 Å². The summed E-state index contributed by atoms with van der Waals surface area (Å²) in [7, 11) is 0. The maximum atomic E-state index is 12.1. The zero-order valence-corrected chi connectivity index (χ0v) is 12.4. The highest BCUT2D eigenvalue weighted by atomic mass is 16.5. The lowest BCUT2D eigenvalue weighted by atomic mass is 9.72. The summed E-state index contributed by atoms with van der Waals surface area (Å²) < 4.78 is 7.06. The number of nitrogens with zero attached hydrogens (tertiary/aromatic N) is 2. The van der Waals surface area contributed by atoms with E-state index >= 15 is 0 Å². The molecule has 5 heteroatoms. The van der Waals surface area contributed by atoms with Crippen molar-refractivity contribution in [2.75, 3.05) is 6.61 Å². The second-order valence-electron chi connectivity index (χ2n) is 6.05. The van der Waals surface area contributed by atoms with Crippen LogP contribution in [-0.4, -0.2) is 32.8 Å². The summed E-state index contributed by atoms with van der Waals surface area (Å²) in [6.45, 7) is 4.69. The lowest BCUT2D eigenvalue weighted by Gasteiger charge is -2.41. The Bertz CT molecular complexity index is 667. The van der Waals surface area contributed by atoms with Gasteiger partial charge in [-0.15, -0.1) is 0 Å². The van der Waals surface area contributed by atoms with Gasteiger partial charge < -0.3 is 14.4 Å². The van der Waals surface area contributed by atoms with Gasteiger partial charge in [0.15, 0.2) is 0 Å². The third kappa shape index (κ3) is 2.65. The van der Waals surface area contributed by atoms with Crippen molar-refractivity contribution in [1.82, 2.24) is 9.55 Å². The molecule has 2 aromatic rings. The fourth-order valence-electron chi connectivity index (χ4n) is 3.22. The van der Waals surface area contributed by atoms with E-state index < -0.39 is 5.60 Å². The predicted octanol–water partition coefficient (Wildman–Crippen LogP) is 2.37. The lowest BCUT2D eigenvalue weighted by Crippen LogP contribution is -2.42. The second kappa shape index (κ2) is 5.15. The molecule has 1 aliphatic rings. The largest absolute Gasteiger partial charge is 0.461 e. The fourth-order valence-corrected chi connectivity index (χ4v) is 3.22. The van der Waals surface area contributed by atoms with Crippen molar-refractivity contribution in [1.29, 1.82) is 0 Å². The van der Waals surface area contributed by atoms with Gasteiger partial charge in [-0.25, -0.2) is 9.78 Å². The highest BCUT2D eigenvalue weighted by Crippen LogP contribution is 2.39. The van der Waals surface area contributed by atoms with Crippen molar-refractivity contribution >= 4 is 17.0 Å². The Balaban J connectivity index is 1.94. The molecule has 1 saturated carbocycles. The molecular formula is C16H20N2O3. The zero-order chi connectivity index (χ0) is 15.0. The van der Waals surface area contributed by atoms with Crippen LogP contribution in [0, 0.1) is 5.92 Å². The number of hydrogen-bond acceptors (Lipinski definition) is 4. The molecule has 5 nitrogen and oxygen atoms in total. The predicted molar refractivity (Wildman–Crippen MR) is 79.0 cm³/mol. The minimum Gasteiger partial charge on any atom is -0.461 e. The van der Waals surface area contributed by atoms with Crippen LogP contribution in [0.25, 0.3) is 11.0 Å². The average molecular weight is 288 g/mol. The molecule has 0 saturated heterocycles. The van der Waals surface area contributed by atoms with Crippen molar-refractivity contribution in [3.63, 3.8) is 0 Å². The van der Waals surface area contributed by atoms with Gasteiger partial charge in [-0.1, -0.05) is 0 Å². The topological polar surface area (TPSA) is 64.3 Å². The highest BCUT2D eigenvalue weighted by molar-refractivity contribution is 5.94. The molecule has 0 atom stereocenters. The number of esters is 1. The minimum absolute atomic E-state index is 0.318. The second-order valence-corrected chi connectivity index (χ2v) is 6.05. The van der Waals surface area contributed by atoms with E-state index in [9.17, 15) is 9.90 Å². The average Bonchev–Trinajstić information content (AvgIpc) is 2.76. The molecular weight excluding hydrogens is 268 g/mol. The molecule has 0 aliphatic heterocycles. The molecule has 2 heterocycles. The van der Waals surface area contributed by atoms with Crippen molar-refractivity contribution in [2.45, 2.75) is 38.8 Å². The van der Waals surface area contributed by atoms with E-state index in [1.807, 2.05) is 29.7 Å². The standard InChI is InChI=1S/C16H20N2O3/c1-3-21-15(19)13-7-12-5-4-6-17-14(12)18(13)10-11-8-16(2,20)9-11/h4-7,11,20H,3,8-10H2,1-2H3. The maximum Gasteiger partial charge on any atom is 0.355 e. The van der Waals surface area contributed by atoms with E-state index in [1.54, 1.807) is 13.1 Å². The van der Waals surface area contributed by atoms with E-state index in [1.165, 1.54) is 0 Å². The van der Waals surface area contributed by atoms with Gasteiger partial charge in [0.2, 0.25) is 0 Å². The summed E-state index contributed by atoms with van der Waals surface area (Å²) in [4.78, 5) is 16.5. The lowest BCUT2D eigenvalue weighted by molar-refractivity contribution is -0.0616. The molecule has 1 aliphatic carbocycles. The monoisotopic (exact) mass is 288 g/mol. The molecule has 112 valence electrons. The summed E-state index contributed by atoms with van der Waals surface area (Å²) in [5.41, 5.74) is 0.773. The van der Waals surface area contributed by atoms with Crippen LogP contribution < -0.4 is 0 Å². The summed E-state index contributed by atoms with van der Waals surface area (Å²) in [5, 5.41) is 10.8. The number of rotatable bonds is 4. The van der Waals surface area contributed by atoms with Crippen molar-refractivity contribution in [2.24, 2.45) is 5.92 Å². The van der Waals surface area contributed by atoms with Crippen LogP contribution in [0.15, 0.2) is 24.4 Å². The molecule has 0 bridgehead atoms. The van der Waals surface area contributed by atoms with E-state index in [2.05, 4.69) is 4.98 Å². The Morgan fingerprint density at radius 3 is 3.00 bits per heavy atom. The number of fused-ring (bicyclic) bond motifs is 1. The van der Waals surface area contributed by atoms with Crippen molar-refractivity contribution < 1.29 is 14.6 Å². The Hall–Kier alpha value is -1.88. The van der Waals surface area contributed by atoms with Gasteiger partial charge in [-0.05, 0) is 50.8 Å². The number of aliphatic hydroxyl groups is 1. The molecule has 2 aromatic heterocycles. The Labute approximate surface area is 123 Å².